The molecule has 78 valence electrons. The van der Waals surface area contributed by atoms with Crippen LogP contribution in [0.15, 0.2) is 12.4 Å². The molecule has 1 atom stereocenters. The molecule has 0 aromatic carbocycles. The predicted octanol–water partition coefficient (Wildman–Crippen LogP) is 2.71. The highest BCUT2D eigenvalue weighted by Gasteiger charge is 2.16. The molecule has 1 aliphatic heterocycles. The largest absolute Gasteiger partial charge is 0.357 e. The first-order chi connectivity index (χ1) is 6.77. The molecule has 0 aliphatic carbocycles. The fourth-order valence-corrected chi connectivity index (χ4v) is 1.74. The van der Waals surface area contributed by atoms with Crippen LogP contribution in [0.25, 0.3) is 0 Å². The summed E-state index contributed by atoms with van der Waals surface area (Å²) in [7, 11) is 0. The summed E-state index contributed by atoms with van der Waals surface area (Å²) in [4.78, 5) is 0. The molecule has 1 fully saturated rings. The third kappa shape index (κ3) is 1.98. The summed E-state index contributed by atoms with van der Waals surface area (Å²) in [5.74, 6) is 0.548. The lowest BCUT2D eigenvalue weighted by Gasteiger charge is -2.22. The second kappa shape index (κ2) is 4.13. The number of hydrogen-bond acceptors (Lipinski definition) is 2. The van der Waals surface area contributed by atoms with E-state index in [1.54, 1.807) is 0 Å². The quantitative estimate of drug-likeness (QED) is 0.723. The van der Waals surface area contributed by atoms with Gasteiger partial charge in [0.2, 0.25) is 0 Å². The lowest BCUT2D eigenvalue weighted by Crippen LogP contribution is -2.18. The van der Waals surface area contributed by atoms with Gasteiger partial charge in [-0.1, -0.05) is 13.8 Å². The summed E-state index contributed by atoms with van der Waals surface area (Å²) in [6, 6.07) is 0. The summed E-state index contributed by atoms with van der Waals surface area (Å²) >= 11 is 0. The summed E-state index contributed by atoms with van der Waals surface area (Å²) in [5.41, 5.74) is 1.29. The van der Waals surface area contributed by atoms with Crippen LogP contribution < -0.4 is 0 Å². The van der Waals surface area contributed by atoms with E-state index in [1.807, 2.05) is 10.9 Å². The van der Waals surface area contributed by atoms with Crippen LogP contribution in [0.3, 0.4) is 0 Å². The van der Waals surface area contributed by atoms with Crippen LogP contribution in [-0.4, -0.2) is 16.4 Å². The Hall–Kier alpha value is -0.830. The third-order valence-corrected chi connectivity index (χ3v) is 2.74. The number of hydrogen-bond donors (Lipinski definition) is 0. The van der Waals surface area contributed by atoms with Crippen molar-refractivity contribution in [2.75, 3.05) is 6.61 Å². The third-order valence-electron chi connectivity index (χ3n) is 2.74. The molecule has 2 heterocycles. The van der Waals surface area contributed by atoms with Gasteiger partial charge in [0.05, 0.1) is 6.20 Å². The molecular formula is C11H18N2O. The van der Waals surface area contributed by atoms with Crippen LogP contribution >= 0.6 is 0 Å². The fraction of sp³-hybridized carbons (Fsp3) is 0.727. The Morgan fingerprint density at radius 3 is 2.93 bits per heavy atom. The SMILES string of the molecule is CC(C)c1cnn(C2CCCCO2)c1. The molecule has 1 aromatic heterocycles. The van der Waals surface area contributed by atoms with Crippen molar-refractivity contribution >= 4 is 0 Å². The van der Waals surface area contributed by atoms with E-state index in [-0.39, 0.29) is 6.23 Å². The van der Waals surface area contributed by atoms with Gasteiger partial charge in [0, 0.05) is 12.8 Å². The van der Waals surface area contributed by atoms with Crippen molar-refractivity contribution in [1.82, 2.24) is 9.78 Å². The van der Waals surface area contributed by atoms with E-state index >= 15 is 0 Å². The maximum Gasteiger partial charge on any atom is 0.150 e. The highest BCUT2D eigenvalue weighted by Crippen LogP contribution is 2.23. The highest BCUT2D eigenvalue weighted by molar-refractivity contribution is 5.08. The zero-order chi connectivity index (χ0) is 9.97. The Labute approximate surface area is 85.1 Å². The number of nitrogens with zero attached hydrogens (tertiary/aromatic N) is 2. The summed E-state index contributed by atoms with van der Waals surface area (Å²) in [5, 5.41) is 4.35. The Morgan fingerprint density at radius 2 is 2.36 bits per heavy atom. The number of rotatable bonds is 2. The van der Waals surface area contributed by atoms with E-state index in [0.29, 0.717) is 5.92 Å². The molecular weight excluding hydrogens is 176 g/mol. The van der Waals surface area contributed by atoms with E-state index < -0.39 is 0 Å². The molecule has 0 saturated carbocycles. The van der Waals surface area contributed by atoms with E-state index in [9.17, 15) is 0 Å². The van der Waals surface area contributed by atoms with Crippen molar-refractivity contribution in [3.05, 3.63) is 18.0 Å². The molecule has 3 nitrogen and oxygen atoms in total. The Morgan fingerprint density at radius 1 is 1.50 bits per heavy atom. The lowest BCUT2D eigenvalue weighted by molar-refractivity contribution is -0.0395. The lowest BCUT2D eigenvalue weighted by atomic mass is 10.1. The van der Waals surface area contributed by atoms with Crippen LogP contribution in [0, 0.1) is 0 Å². The van der Waals surface area contributed by atoms with E-state index in [2.05, 4.69) is 25.1 Å². The molecule has 14 heavy (non-hydrogen) atoms. The maximum absolute atomic E-state index is 5.66. The molecule has 0 amide bonds. The van der Waals surface area contributed by atoms with Crippen LogP contribution in [0.1, 0.15) is 50.8 Å². The molecule has 1 saturated heterocycles. The van der Waals surface area contributed by atoms with Gasteiger partial charge < -0.3 is 4.74 Å². The van der Waals surface area contributed by atoms with Gasteiger partial charge in [-0.15, -0.1) is 0 Å². The molecule has 0 N–H and O–H groups in total. The maximum atomic E-state index is 5.66. The molecule has 1 unspecified atom stereocenters. The van der Waals surface area contributed by atoms with Gasteiger partial charge in [0.25, 0.3) is 0 Å². The van der Waals surface area contributed by atoms with Gasteiger partial charge >= 0.3 is 0 Å². The summed E-state index contributed by atoms with van der Waals surface area (Å²) in [6.07, 6.45) is 7.77. The van der Waals surface area contributed by atoms with Gasteiger partial charge in [0.15, 0.2) is 0 Å². The van der Waals surface area contributed by atoms with Crippen molar-refractivity contribution in [2.24, 2.45) is 0 Å². The van der Waals surface area contributed by atoms with Gasteiger partial charge in [-0.2, -0.15) is 5.10 Å². The van der Waals surface area contributed by atoms with Crippen molar-refractivity contribution in [1.29, 1.82) is 0 Å². The first-order valence-corrected chi connectivity index (χ1v) is 5.43. The monoisotopic (exact) mass is 194 g/mol. The van der Waals surface area contributed by atoms with E-state index in [0.717, 1.165) is 13.0 Å². The molecule has 2 rings (SSSR count). The zero-order valence-corrected chi connectivity index (χ0v) is 8.94. The molecule has 3 heteroatoms. The summed E-state index contributed by atoms with van der Waals surface area (Å²) < 4.78 is 7.62. The fourth-order valence-electron chi connectivity index (χ4n) is 1.74. The Balaban J connectivity index is 2.07. The molecule has 1 aliphatic rings. The predicted molar refractivity (Wildman–Crippen MR) is 55.2 cm³/mol. The molecule has 0 spiro atoms. The normalized spacial score (nSPS) is 22.9. The Kier molecular flexibility index (Phi) is 2.87. The molecule has 1 aromatic rings. The second-order valence-corrected chi connectivity index (χ2v) is 4.23. The molecule has 0 radical (unpaired) electrons. The second-order valence-electron chi connectivity index (χ2n) is 4.23. The Bertz CT molecular complexity index is 287. The minimum atomic E-state index is 0.177. The van der Waals surface area contributed by atoms with Crippen LogP contribution in [0.2, 0.25) is 0 Å². The minimum absolute atomic E-state index is 0.177. The van der Waals surface area contributed by atoms with Crippen LogP contribution in [-0.2, 0) is 4.74 Å². The van der Waals surface area contributed by atoms with Gasteiger partial charge in [-0.05, 0) is 30.7 Å². The zero-order valence-electron chi connectivity index (χ0n) is 8.94. The van der Waals surface area contributed by atoms with Crippen molar-refractivity contribution in [2.45, 2.75) is 45.3 Å². The van der Waals surface area contributed by atoms with E-state index in [1.165, 1.54) is 18.4 Å². The molecule has 0 bridgehead atoms. The first-order valence-electron chi connectivity index (χ1n) is 5.43. The minimum Gasteiger partial charge on any atom is -0.357 e. The van der Waals surface area contributed by atoms with E-state index in [4.69, 9.17) is 4.74 Å². The smallest absolute Gasteiger partial charge is 0.150 e. The number of aromatic nitrogens is 2. The van der Waals surface area contributed by atoms with Crippen molar-refractivity contribution in [3.63, 3.8) is 0 Å². The summed E-state index contributed by atoms with van der Waals surface area (Å²) in [6.45, 7) is 5.24. The van der Waals surface area contributed by atoms with Gasteiger partial charge in [-0.3, -0.25) is 0 Å². The van der Waals surface area contributed by atoms with Crippen molar-refractivity contribution in [3.8, 4) is 0 Å². The first kappa shape index (κ1) is 9.71. The topological polar surface area (TPSA) is 27.1 Å². The average Bonchev–Trinajstić information content (AvgIpc) is 2.68. The van der Waals surface area contributed by atoms with Crippen molar-refractivity contribution < 1.29 is 4.74 Å². The van der Waals surface area contributed by atoms with Crippen LogP contribution in [0.4, 0.5) is 0 Å². The number of ether oxygens (including phenoxy) is 1. The van der Waals surface area contributed by atoms with Gasteiger partial charge in [0.1, 0.15) is 6.23 Å². The van der Waals surface area contributed by atoms with Crippen LogP contribution in [0.5, 0.6) is 0 Å². The standard InChI is InChI=1S/C11H18N2O/c1-9(2)10-7-12-13(8-10)11-5-3-4-6-14-11/h7-9,11H,3-6H2,1-2H3. The van der Waals surface area contributed by atoms with Gasteiger partial charge in [-0.25, -0.2) is 4.68 Å². The average molecular weight is 194 g/mol. The highest BCUT2D eigenvalue weighted by atomic mass is 16.5.